The van der Waals surface area contributed by atoms with E-state index in [1.807, 2.05) is 36.4 Å². The minimum absolute atomic E-state index is 0.152. The van der Waals surface area contributed by atoms with Crippen molar-refractivity contribution in [2.45, 2.75) is 37.3 Å². The maximum Gasteiger partial charge on any atom is 0.251 e. The van der Waals surface area contributed by atoms with Crippen molar-refractivity contribution in [3.8, 4) is 5.75 Å². The molecular formula is C20H21NO3. The summed E-state index contributed by atoms with van der Waals surface area (Å²) in [6, 6.07) is 13.1. The summed E-state index contributed by atoms with van der Waals surface area (Å²) in [5, 5.41) is 13.3. The highest BCUT2D eigenvalue weighted by Crippen LogP contribution is 2.44. The van der Waals surface area contributed by atoms with Crippen LogP contribution in [0.3, 0.4) is 0 Å². The average Bonchev–Trinajstić information content (AvgIpc) is 3.40. The number of rotatable bonds is 4. The maximum atomic E-state index is 12.7. The molecule has 4 heteroatoms. The average molecular weight is 323 g/mol. The van der Waals surface area contributed by atoms with Gasteiger partial charge < -0.3 is 15.2 Å². The molecule has 0 saturated heterocycles. The fourth-order valence-electron chi connectivity index (χ4n) is 3.56. The van der Waals surface area contributed by atoms with Crippen LogP contribution < -0.4 is 10.1 Å². The second-order valence-corrected chi connectivity index (χ2v) is 6.65. The molecular weight excluding hydrogens is 302 g/mol. The van der Waals surface area contributed by atoms with Crippen molar-refractivity contribution in [1.82, 2.24) is 5.32 Å². The fourth-order valence-corrected chi connectivity index (χ4v) is 3.56. The summed E-state index contributed by atoms with van der Waals surface area (Å²) >= 11 is 0. The Hall–Kier alpha value is -2.33. The fraction of sp³-hybridized carbons (Fsp3) is 0.350. The van der Waals surface area contributed by atoms with E-state index in [1.54, 1.807) is 13.2 Å². The Morgan fingerprint density at radius 1 is 1.17 bits per heavy atom. The first kappa shape index (κ1) is 15.2. The Labute approximate surface area is 141 Å². The molecule has 1 fully saturated rings. The van der Waals surface area contributed by atoms with Gasteiger partial charge in [0.25, 0.3) is 5.91 Å². The van der Waals surface area contributed by atoms with Crippen LogP contribution in [0.15, 0.2) is 42.5 Å². The molecule has 2 aliphatic carbocycles. The molecule has 2 aliphatic rings. The van der Waals surface area contributed by atoms with Crippen molar-refractivity contribution in [3.05, 3.63) is 64.7 Å². The number of hydrogen-bond donors (Lipinski definition) is 2. The molecule has 2 aromatic carbocycles. The first-order chi connectivity index (χ1) is 11.7. The van der Waals surface area contributed by atoms with E-state index < -0.39 is 6.10 Å². The molecule has 2 atom stereocenters. The third-order valence-corrected chi connectivity index (χ3v) is 5.00. The summed E-state index contributed by atoms with van der Waals surface area (Å²) in [4.78, 5) is 12.7. The van der Waals surface area contributed by atoms with Gasteiger partial charge in [0.05, 0.1) is 19.3 Å². The SMILES string of the molecule is COc1ccc(C(=O)N[C@@H]2c3ccccc3C[C@@H]2O)cc1C1CC1. The third-order valence-electron chi connectivity index (χ3n) is 5.00. The number of aliphatic hydroxyl groups is 1. The lowest BCUT2D eigenvalue weighted by atomic mass is 10.0. The number of hydrogen-bond acceptors (Lipinski definition) is 3. The van der Waals surface area contributed by atoms with Gasteiger partial charge in [-0.2, -0.15) is 0 Å². The lowest BCUT2D eigenvalue weighted by molar-refractivity contribution is 0.0858. The molecule has 124 valence electrons. The van der Waals surface area contributed by atoms with E-state index in [-0.39, 0.29) is 11.9 Å². The Kier molecular flexibility index (Phi) is 3.77. The van der Waals surface area contributed by atoms with E-state index in [4.69, 9.17) is 4.74 Å². The Balaban J connectivity index is 1.58. The topological polar surface area (TPSA) is 58.6 Å². The van der Waals surface area contributed by atoms with Crippen LogP contribution >= 0.6 is 0 Å². The molecule has 0 aromatic heterocycles. The van der Waals surface area contributed by atoms with Gasteiger partial charge >= 0.3 is 0 Å². The summed E-state index contributed by atoms with van der Waals surface area (Å²) in [5.41, 5.74) is 3.84. The van der Waals surface area contributed by atoms with Crippen LogP contribution in [-0.2, 0) is 6.42 Å². The van der Waals surface area contributed by atoms with Gasteiger partial charge in [-0.1, -0.05) is 24.3 Å². The standard InChI is InChI=1S/C20H21NO3/c1-24-18-9-8-14(10-16(18)12-6-7-12)20(23)21-19-15-5-3-2-4-13(15)11-17(19)22/h2-5,8-10,12,17,19,22H,6-7,11H2,1H3,(H,21,23)/t17-,19+/m0/s1. The van der Waals surface area contributed by atoms with Crippen molar-refractivity contribution in [2.24, 2.45) is 0 Å². The zero-order valence-corrected chi connectivity index (χ0v) is 13.7. The molecule has 4 nitrogen and oxygen atoms in total. The summed E-state index contributed by atoms with van der Waals surface area (Å²) in [6.45, 7) is 0. The highest BCUT2D eigenvalue weighted by molar-refractivity contribution is 5.95. The molecule has 0 bridgehead atoms. The molecule has 0 heterocycles. The third kappa shape index (κ3) is 2.67. The van der Waals surface area contributed by atoms with Crippen molar-refractivity contribution in [3.63, 3.8) is 0 Å². The number of nitrogens with one attached hydrogen (secondary N) is 1. The number of fused-ring (bicyclic) bond motifs is 1. The molecule has 0 aliphatic heterocycles. The second kappa shape index (κ2) is 5.95. The van der Waals surface area contributed by atoms with Crippen LogP contribution in [0.1, 0.15) is 51.8 Å². The van der Waals surface area contributed by atoms with Gasteiger partial charge in [0.2, 0.25) is 0 Å². The second-order valence-electron chi connectivity index (χ2n) is 6.65. The Morgan fingerprint density at radius 3 is 2.71 bits per heavy atom. The summed E-state index contributed by atoms with van der Waals surface area (Å²) < 4.78 is 5.41. The lowest BCUT2D eigenvalue weighted by Crippen LogP contribution is -2.33. The number of carbonyl (C=O) groups excluding carboxylic acids is 1. The first-order valence-corrected chi connectivity index (χ1v) is 8.42. The van der Waals surface area contributed by atoms with Crippen LogP contribution in [0.2, 0.25) is 0 Å². The van der Waals surface area contributed by atoms with Gasteiger partial charge in [0, 0.05) is 12.0 Å². The van der Waals surface area contributed by atoms with Gasteiger partial charge in [0.1, 0.15) is 5.75 Å². The van der Waals surface area contributed by atoms with Gasteiger partial charge in [-0.15, -0.1) is 0 Å². The maximum absolute atomic E-state index is 12.7. The lowest BCUT2D eigenvalue weighted by Gasteiger charge is -2.18. The van der Waals surface area contributed by atoms with E-state index in [0.29, 0.717) is 17.9 Å². The smallest absolute Gasteiger partial charge is 0.251 e. The minimum atomic E-state index is -0.576. The van der Waals surface area contributed by atoms with E-state index in [0.717, 1.165) is 35.3 Å². The highest BCUT2D eigenvalue weighted by atomic mass is 16.5. The van der Waals surface area contributed by atoms with E-state index in [9.17, 15) is 9.90 Å². The molecule has 2 N–H and O–H groups in total. The number of carbonyl (C=O) groups is 1. The number of aliphatic hydroxyl groups excluding tert-OH is 1. The van der Waals surface area contributed by atoms with Crippen molar-refractivity contribution in [1.29, 1.82) is 0 Å². The number of ether oxygens (including phenoxy) is 1. The normalized spacial score (nSPS) is 22.1. The van der Waals surface area contributed by atoms with Gasteiger partial charge in [0.15, 0.2) is 0 Å². The van der Waals surface area contributed by atoms with Gasteiger partial charge in [-0.25, -0.2) is 0 Å². The minimum Gasteiger partial charge on any atom is -0.496 e. The highest BCUT2D eigenvalue weighted by Gasteiger charge is 2.33. The zero-order valence-electron chi connectivity index (χ0n) is 13.7. The molecule has 0 radical (unpaired) electrons. The number of amides is 1. The number of methoxy groups -OCH3 is 1. The van der Waals surface area contributed by atoms with E-state index in [1.165, 1.54) is 0 Å². The van der Waals surface area contributed by atoms with Crippen LogP contribution in [0.4, 0.5) is 0 Å². The Bertz CT molecular complexity index is 782. The molecule has 24 heavy (non-hydrogen) atoms. The Morgan fingerprint density at radius 2 is 1.96 bits per heavy atom. The summed E-state index contributed by atoms with van der Waals surface area (Å²) in [5.74, 6) is 1.20. The molecule has 2 aromatic rings. The van der Waals surface area contributed by atoms with E-state index in [2.05, 4.69) is 5.32 Å². The van der Waals surface area contributed by atoms with Crippen LogP contribution in [0.5, 0.6) is 5.75 Å². The molecule has 4 rings (SSSR count). The molecule has 1 saturated carbocycles. The van der Waals surface area contributed by atoms with Crippen molar-refractivity contribution >= 4 is 5.91 Å². The quantitative estimate of drug-likeness (QED) is 0.909. The predicted octanol–water partition coefficient (Wildman–Crippen LogP) is 2.96. The molecule has 0 unspecified atom stereocenters. The summed E-state index contributed by atoms with van der Waals surface area (Å²) in [7, 11) is 1.66. The van der Waals surface area contributed by atoms with Crippen LogP contribution in [-0.4, -0.2) is 24.2 Å². The zero-order chi connectivity index (χ0) is 16.7. The van der Waals surface area contributed by atoms with Gasteiger partial charge in [-0.3, -0.25) is 4.79 Å². The van der Waals surface area contributed by atoms with Crippen LogP contribution in [0.25, 0.3) is 0 Å². The monoisotopic (exact) mass is 323 g/mol. The van der Waals surface area contributed by atoms with Gasteiger partial charge in [-0.05, 0) is 53.6 Å². The summed E-state index contributed by atoms with van der Waals surface area (Å²) in [6.07, 6.45) is 2.30. The first-order valence-electron chi connectivity index (χ1n) is 8.42. The van der Waals surface area contributed by atoms with Crippen molar-refractivity contribution < 1.29 is 14.6 Å². The molecule has 0 spiro atoms. The number of benzene rings is 2. The van der Waals surface area contributed by atoms with Crippen LogP contribution in [0, 0.1) is 0 Å². The van der Waals surface area contributed by atoms with Crippen molar-refractivity contribution in [2.75, 3.05) is 7.11 Å². The molecule has 1 amide bonds. The van der Waals surface area contributed by atoms with E-state index >= 15 is 0 Å². The predicted molar refractivity (Wildman–Crippen MR) is 91.3 cm³/mol. The largest absolute Gasteiger partial charge is 0.496 e.